The lowest BCUT2D eigenvalue weighted by atomic mass is 10.1. The van der Waals surface area contributed by atoms with Crippen molar-refractivity contribution in [2.75, 3.05) is 18.0 Å². The number of hydrogen-bond acceptors (Lipinski definition) is 4. The molecule has 2 aromatic rings. The molecule has 1 aliphatic heterocycles. The number of rotatable bonds is 5. The molecular weight excluding hydrogens is 302 g/mol. The van der Waals surface area contributed by atoms with Gasteiger partial charge in [-0.2, -0.15) is 0 Å². The van der Waals surface area contributed by atoms with E-state index in [0.717, 1.165) is 31.6 Å². The molecule has 1 fully saturated rings. The van der Waals surface area contributed by atoms with Gasteiger partial charge in [-0.15, -0.1) is 0 Å². The normalized spacial score (nSPS) is 15.3. The topological polar surface area (TPSA) is 67.6 Å². The monoisotopic (exact) mass is 325 g/mol. The molecule has 3 N–H and O–H groups in total. The summed E-state index contributed by atoms with van der Waals surface area (Å²) < 4.78 is 6.02. The van der Waals surface area contributed by atoms with Crippen LogP contribution in [0, 0.1) is 0 Å². The van der Waals surface area contributed by atoms with Crippen LogP contribution >= 0.6 is 0 Å². The number of nitrogens with two attached hydrogens (primary N) is 1. The number of hydrogen-bond donors (Lipinski definition) is 2. The highest BCUT2D eigenvalue weighted by Gasteiger charge is 2.20. The molecule has 1 heterocycles. The number of nitrogen functional groups attached to an aromatic ring is 1. The van der Waals surface area contributed by atoms with E-state index in [1.54, 1.807) is 12.1 Å². The molecule has 1 amide bonds. The molecule has 2 aromatic carbocycles. The van der Waals surface area contributed by atoms with Gasteiger partial charge in [-0.25, -0.2) is 5.84 Å². The zero-order valence-electron chi connectivity index (χ0n) is 13.7. The van der Waals surface area contributed by atoms with Crippen LogP contribution in [0.1, 0.15) is 28.8 Å². The van der Waals surface area contributed by atoms with Gasteiger partial charge in [-0.05, 0) is 42.7 Å². The average molecular weight is 325 g/mol. The number of benzene rings is 2. The zero-order valence-corrected chi connectivity index (χ0v) is 13.7. The second-order valence-electron chi connectivity index (χ2n) is 6.00. The number of piperidine rings is 1. The molecule has 0 aliphatic carbocycles. The highest BCUT2D eigenvalue weighted by molar-refractivity contribution is 5.94. The molecule has 0 unspecified atom stereocenters. The van der Waals surface area contributed by atoms with Gasteiger partial charge in [0.2, 0.25) is 0 Å². The summed E-state index contributed by atoms with van der Waals surface area (Å²) in [7, 11) is 0. The SMILES string of the molecule is NNC(=O)c1ccc(N2CCC(OCc3ccccc3)CC2)cc1. The largest absolute Gasteiger partial charge is 0.373 e. The van der Waals surface area contributed by atoms with E-state index in [1.165, 1.54) is 5.56 Å². The van der Waals surface area contributed by atoms with Gasteiger partial charge in [0.05, 0.1) is 12.7 Å². The molecule has 1 saturated heterocycles. The minimum Gasteiger partial charge on any atom is -0.373 e. The summed E-state index contributed by atoms with van der Waals surface area (Å²) in [4.78, 5) is 13.8. The Labute approximate surface area is 142 Å². The Balaban J connectivity index is 1.49. The lowest BCUT2D eigenvalue weighted by molar-refractivity contribution is 0.0251. The highest BCUT2D eigenvalue weighted by atomic mass is 16.5. The molecule has 5 heteroatoms. The maximum atomic E-state index is 11.5. The van der Waals surface area contributed by atoms with Crippen LogP contribution < -0.4 is 16.2 Å². The van der Waals surface area contributed by atoms with Crippen molar-refractivity contribution in [2.45, 2.75) is 25.6 Å². The molecule has 5 nitrogen and oxygen atoms in total. The maximum Gasteiger partial charge on any atom is 0.265 e. The number of hydrazine groups is 1. The van der Waals surface area contributed by atoms with Crippen LogP contribution in [-0.4, -0.2) is 25.1 Å². The van der Waals surface area contributed by atoms with Gasteiger partial charge in [0.1, 0.15) is 0 Å². The first-order valence-electron chi connectivity index (χ1n) is 8.28. The van der Waals surface area contributed by atoms with Gasteiger partial charge in [0, 0.05) is 24.3 Å². The number of carbonyl (C=O) groups is 1. The van der Waals surface area contributed by atoms with Gasteiger partial charge >= 0.3 is 0 Å². The van der Waals surface area contributed by atoms with E-state index >= 15 is 0 Å². The van der Waals surface area contributed by atoms with Crippen LogP contribution in [0.15, 0.2) is 54.6 Å². The number of carbonyl (C=O) groups excluding carboxylic acids is 1. The van der Waals surface area contributed by atoms with Crippen LogP contribution in [0.5, 0.6) is 0 Å². The fourth-order valence-electron chi connectivity index (χ4n) is 2.98. The van der Waals surface area contributed by atoms with Crippen molar-refractivity contribution >= 4 is 11.6 Å². The second-order valence-corrected chi connectivity index (χ2v) is 6.00. The van der Waals surface area contributed by atoms with Crippen molar-refractivity contribution in [2.24, 2.45) is 5.84 Å². The quantitative estimate of drug-likeness (QED) is 0.503. The molecule has 3 rings (SSSR count). The Morgan fingerprint density at radius 2 is 1.75 bits per heavy atom. The first kappa shape index (κ1) is 16.5. The van der Waals surface area contributed by atoms with E-state index in [2.05, 4.69) is 22.5 Å². The van der Waals surface area contributed by atoms with E-state index in [0.29, 0.717) is 18.3 Å². The highest BCUT2D eigenvalue weighted by Crippen LogP contribution is 2.22. The standard InChI is InChI=1S/C19H23N3O2/c20-21-19(23)16-6-8-17(9-7-16)22-12-10-18(11-13-22)24-14-15-4-2-1-3-5-15/h1-9,18H,10-14,20H2,(H,21,23). The van der Waals surface area contributed by atoms with Crippen molar-refractivity contribution in [3.8, 4) is 0 Å². The number of amides is 1. The molecule has 24 heavy (non-hydrogen) atoms. The molecule has 0 spiro atoms. The smallest absolute Gasteiger partial charge is 0.265 e. The van der Waals surface area contributed by atoms with Crippen LogP contribution in [0.2, 0.25) is 0 Å². The summed E-state index contributed by atoms with van der Waals surface area (Å²) in [6, 6.07) is 17.8. The first-order chi connectivity index (χ1) is 11.8. The molecule has 126 valence electrons. The summed E-state index contributed by atoms with van der Waals surface area (Å²) in [6.07, 6.45) is 2.33. The van der Waals surface area contributed by atoms with Gasteiger partial charge in [0.25, 0.3) is 5.91 Å². The zero-order chi connectivity index (χ0) is 16.8. The van der Waals surface area contributed by atoms with E-state index in [4.69, 9.17) is 10.6 Å². The van der Waals surface area contributed by atoms with Crippen LogP contribution in [-0.2, 0) is 11.3 Å². The molecule has 0 atom stereocenters. The Bertz CT molecular complexity index is 650. The molecular formula is C19H23N3O2. The van der Waals surface area contributed by atoms with Gasteiger partial charge in [-0.1, -0.05) is 30.3 Å². The minimum absolute atomic E-state index is 0.269. The summed E-state index contributed by atoms with van der Waals surface area (Å²) in [5.74, 6) is 4.88. The third kappa shape index (κ3) is 4.13. The van der Waals surface area contributed by atoms with Gasteiger partial charge in [0.15, 0.2) is 0 Å². The van der Waals surface area contributed by atoms with E-state index in [-0.39, 0.29) is 5.91 Å². The Hall–Kier alpha value is -2.37. The summed E-state index contributed by atoms with van der Waals surface area (Å²) in [5.41, 5.74) is 5.06. The number of anilines is 1. The second kappa shape index (κ2) is 7.95. The third-order valence-corrected chi connectivity index (χ3v) is 4.40. The van der Waals surface area contributed by atoms with E-state index in [1.807, 2.05) is 30.3 Å². The predicted molar refractivity (Wildman–Crippen MR) is 94.6 cm³/mol. The van der Waals surface area contributed by atoms with Crippen molar-refractivity contribution < 1.29 is 9.53 Å². The number of ether oxygens (including phenoxy) is 1. The first-order valence-corrected chi connectivity index (χ1v) is 8.28. The Morgan fingerprint density at radius 1 is 1.08 bits per heavy atom. The van der Waals surface area contributed by atoms with Crippen molar-refractivity contribution in [3.63, 3.8) is 0 Å². The average Bonchev–Trinajstić information content (AvgIpc) is 2.67. The van der Waals surface area contributed by atoms with Crippen LogP contribution in [0.4, 0.5) is 5.69 Å². The van der Waals surface area contributed by atoms with E-state index < -0.39 is 0 Å². The maximum absolute atomic E-state index is 11.5. The summed E-state index contributed by atoms with van der Waals surface area (Å²) in [5, 5.41) is 0. The molecule has 1 aliphatic rings. The fraction of sp³-hybridized carbons (Fsp3) is 0.316. The van der Waals surface area contributed by atoms with Crippen molar-refractivity contribution in [1.82, 2.24) is 5.43 Å². The molecule has 0 aromatic heterocycles. The third-order valence-electron chi connectivity index (χ3n) is 4.40. The molecule has 0 saturated carbocycles. The minimum atomic E-state index is -0.269. The van der Waals surface area contributed by atoms with Crippen LogP contribution in [0.3, 0.4) is 0 Å². The fourth-order valence-corrected chi connectivity index (χ4v) is 2.98. The Morgan fingerprint density at radius 3 is 2.38 bits per heavy atom. The van der Waals surface area contributed by atoms with Crippen molar-refractivity contribution in [1.29, 1.82) is 0 Å². The summed E-state index contributed by atoms with van der Waals surface area (Å²) in [6.45, 7) is 2.60. The lowest BCUT2D eigenvalue weighted by Crippen LogP contribution is -2.37. The molecule has 0 bridgehead atoms. The van der Waals surface area contributed by atoms with E-state index in [9.17, 15) is 4.79 Å². The number of nitrogens with one attached hydrogen (secondary N) is 1. The van der Waals surface area contributed by atoms with Gasteiger partial charge < -0.3 is 9.64 Å². The van der Waals surface area contributed by atoms with Gasteiger partial charge in [-0.3, -0.25) is 10.2 Å². The Kier molecular flexibility index (Phi) is 5.46. The molecule has 0 radical (unpaired) electrons. The number of nitrogens with zero attached hydrogens (tertiary/aromatic N) is 1. The lowest BCUT2D eigenvalue weighted by Gasteiger charge is -2.33. The summed E-state index contributed by atoms with van der Waals surface area (Å²) >= 11 is 0. The predicted octanol–water partition coefficient (Wildman–Crippen LogP) is 2.48. The van der Waals surface area contributed by atoms with Crippen molar-refractivity contribution in [3.05, 3.63) is 65.7 Å². The van der Waals surface area contributed by atoms with Crippen LogP contribution in [0.25, 0.3) is 0 Å².